The van der Waals surface area contributed by atoms with Gasteiger partial charge in [-0.05, 0) is 54.6 Å². The molecule has 2 amide bonds. The summed E-state index contributed by atoms with van der Waals surface area (Å²) < 4.78 is 24.5. The summed E-state index contributed by atoms with van der Waals surface area (Å²) in [4.78, 5) is 37.0. The third kappa shape index (κ3) is 5.00. The second-order valence-electron chi connectivity index (χ2n) is 6.46. The molecule has 1 heterocycles. The summed E-state index contributed by atoms with van der Waals surface area (Å²) in [7, 11) is 1.38. The fourth-order valence-electron chi connectivity index (χ4n) is 2.74. The first kappa shape index (κ1) is 22.6. The summed E-state index contributed by atoms with van der Waals surface area (Å²) in [5, 5.41) is 10.4. The first-order valence-electron chi connectivity index (χ1n) is 8.95. The van der Waals surface area contributed by atoms with Crippen LogP contribution in [0.5, 0.6) is 11.5 Å². The lowest BCUT2D eigenvalue weighted by atomic mass is 10.1. The standard InChI is InChI=1S/C21H17ClFNO6S/c1-11(20(26)27)30-16-7-6-12(8-17(16)29-2)9-18-19(25)24(21(28)31-18)10-13-14(22)4-3-5-15(13)23/h3-9,11H,10H2,1-2H3,(H,26,27)/p-1/b18-9-/t11-/m1/s1. The van der Waals surface area contributed by atoms with Gasteiger partial charge in [0, 0.05) is 10.6 Å². The maximum absolute atomic E-state index is 14.0. The summed E-state index contributed by atoms with van der Waals surface area (Å²) in [5.41, 5.74) is 0.567. The van der Waals surface area contributed by atoms with Crippen molar-refractivity contribution >= 4 is 46.6 Å². The van der Waals surface area contributed by atoms with Crippen molar-refractivity contribution in [3.8, 4) is 11.5 Å². The molecule has 7 nitrogen and oxygen atoms in total. The number of hydrogen-bond donors (Lipinski definition) is 0. The number of thioether (sulfide) groups is 1. The summed E-state index contributed by atoms with van der Waals surface area (Å²) in [6, 6.07) is 8.69. The highest BCUT2D eigenvalue weighted by atomic mass is 35.5. The number of carboxylic acids is 1. The molecule has 1 saturated heterocycles. The van der Waals surface area contributed by atoms with Crippen LogP contribution in [0.3, 0.4) is 0 Å². The first-order valence-corrected chi connectivity index (χ1v) is 10.1. The van der Waals surface area contributed by atoms with E-state index >= 15 is 0 Å². The molecule has 1 fully saturated rings. The predicted molar refractivity (Wildman–Crippen MR) is 111 cm³/mol. The first-order chi connectivity index (χ1) is 14.7. The Morgan fingerprint density at radius 2 is 2.03 bits per heavy atom. The molecule has 2 aromatic carbocycles. The third-order valence-corrected chi connectivity index (χ3v) is 5.63. The van der Waals surface area contributed by atoms with Crippen molar-refractivity contribution in [2.24, 2.45) is 0 Å². The lowest BCUT2D eigenvalue weighted by Gasteiger charge is -2.17. The molecule has 0 unspecified atom stereocenters. The van der Waals surface area contributed by atoms with E-state index in [0.717, 1.165) is 4.90 Å². The van der Waals surface area contributed by atoms with Gasteiger partial charge in [-0.15, -0.1) is 0 Å². The van der Waals surface area contributed by atoms with Crippen LogP contribution in [0.2, 0.25) is 5.02 Å². The average Bonchev–Trinajstić information content (AvgIpc) is 2.98. The number of benzene rings is 2. The van der Waals surface area contributed by atoms with Gasteiger partial charge >= 0.3 is 0 Å². The minimum absolute atomic E-state index is 0.0536. The number of aliphatic carboxylic acids is 1. The van der Waals surface area contributed by atoms with Crippen molar-refractivity contribution in [3.63, 3.8) is 0 Å². The van der Waals surface area contributed by atoms with Gasteiger partial charge in [-0.3, -0.25) is 14.5 Å². The maximum Gasteiger partial charge on any atom is 0.293 e. The van der Waals surface area contributed by atoms with Crippen LogP contribution in [0.4, 0.5) is 9.18 Å². The Morgan fingerprint density at radius 3 is 2.68 bits per heavy atom. The SMILES string of the molecule is COc1cc(/C=C2\SC(=O)N(Cc3c(F)cccc3Cl)C2=O)ccc1O[C@H](C)C(=O)[O-]. The topological polar surface area (TPSA) is 96.0 Å². The van der Waals surface area contributed by atoms with Gasteiger partial charge in [0.25, 0.3) is 11.1 Å². The zero-order valence-corrected chi connectivity index (χ0v) is 18.0. The van der Waals surface area contributed by atoms with Gasteiger partial charge in [-0.25, -0.2) is 4.39 Å². The highest BCUT2D eigenvalue weighted by Gasteiger charge is 2.36. The Morgan fingerprint density at radius 1 is 1.29 bits per heavy atom. The Labute approximate surface area is 186 Å². The third-order valence-electron chi connectivity index (χ3n) is 4.37. The molecule has 0 bridgehead atoms. The van der Waals surface area contributed by atoms with Crippen molar-refractivity contribution in [2.45, 2.75) is 19.6 Å². The number of amides is 2. The van der Waals surface area contributed by atoms with Crippen LogP contribution in [0, 0.1) is 5.82 Å². The normalized spacial score (nSPS) is 16.0. The molecule has 31 heavy (non-hydrogen) atoms. The van der Waals surface area contributed by atoms with Gasteiger partial charge in [0.1, 0.15) is 11.9 Å². The monoisotopic (exact) mass is 464 g/mol. The highest BCUT2D eigenvalue weighted by molar-refractivity contribution is 8.18. The molecule has 0 aliphatic carbocycles. The molecule has 1 aliphatic rings. The van der Waals surface area contributed by atoms with Gasteiger partial charge in [-0.1, -0.05) is 23.7 Å². The average molecular weight is 465 g/mol. The number of carboxylic acid groups (broad SMARTS) is 1. The molecular weight excluding hydrogens is 449 g/mol. The van der Waals surface area contributed by atoms with E-state index in [1.165, 1.54) is 50.4 Å². The van der Waals surface area contributed by atoms with Crippen molar-refractivity contribution < 1.29 is 33.4 Å². The molecule has 0 spiro atoms. The van der Waals surface area contributed by atoms with Gasteiger partial charge in [0.15, 0.2) is 11.5 Å². The number of halogens is 2. The number of carbonyl (C=O) groups is 3. The van der Waals surface area contributed by atoms with E-state index in [4.69, 9.17) is 21.1 Å². The van der Waals surface area contributed by atoms with Crippen LogP contribution in [0.1, 0.15) is 18.1 Å². The van der Waals surface area contributed by atoms with Crippen molar-refractivity contribution in [3.05, 3.63) is 63.3 Å². The predicted octanol–water partition coefficient (Wildman–Crippen LogP) is 3.24. The lowest BCUT2D eigenvalue weighted by molar-refractivity contribution is -0.312. The summed E-state index contributed by atoms with van der Waals surface area (Å²) >= 11 is 6.71. The summed E-state index contributed by atoms with van der Waals surface area (Å²) in [6.45, 7) is 1.03. The largest absolute Gasteiger partial charge is 0.546 e. The lowest BCUT2D eigenvalue weighted by Crippen LogP contribution is -2.37. The van der Waals surface area contributed by atoms with Gasteiger partial charge in [0.05, 0.1) is 24.5 Å². The van der Waals surface area contributed by atoms with Crippen molar-refractivity contribution in [2.75, 3.05) is 7.11 Å². The molecule has 10 heteroatoms. The second-order valence-corrected chi connectivity index (χ2v) is 7.86. The van der Waals surface area contributed by atoms with E-state index < -0.39 is 29.0 Å². The van der Waals surface area contributed by atoms with Gasteiger partial charge in [0.2, 0.25) is 0 Å². The Balaban J connectivity index is 1.83. The molecule has 0 N–H and O–H groups in total. The zero-order chi connectivity index (χ0) is 22.7. The van der Waals surface area contributed by atoms with Crippen LogP contribution in [0.25, 0.3) is 6.08 Å². The molecule has 162 valence electrons. The number of imide groups is 1. The molecule has 3 rings (SSSR count). The van der Waals surface area contributed by atoms with E-state index in [1.54, 1.807) is 6.07 Å². The number of hydrogen-bond acceptors (Lipinski definition) is 7. The molecule has 1 aliphatic heterocycles. The number of nitrogens with zero attached hydrogens (tertiary/aromatic N) is 1. The van der Waals surface area contributed by atoms with Gasteiger partial charge < -0.3 is 19.4 Å². The van der Waals surface area contributed by atoms with Crippen LogP contribution < -0.4 is 14.6 Å². The Hall–Kier alpha value is -3.04. The molecular formula is C21H16ClFNO6S-. The minimum Gasteiger partial charge on any atom is -0.546 e. The summed E-state index contributed by atoms with van der Waals surface area (Å²) in [6.07, 6.45) is 0.281. The number of carbonyl (C=O) groups excluding carboxylic acids is 3. The fourth-order valence-corrected chi connectivity index (χ4v) is 3.80. The minimum atomic E-state index is -1.38. The van der Waals surface area contributed by atoms with E-state index in [2.05, 4.69) is 0 Å². The van der Waals surface area contributed by atoms with E-state index in [0.29, 0.717) is 17.3 Å². The van der Waals surface area contributed by atoms with Crippen LogP contribution in [-0.4, -0.2) is 35.2 Å². The fraction of sp³-hybridized carbons (Fsp3) is 0.190. The molecule has 2 aromatic rings. The molecule has 1 atom stereocenters. The van der Waals surface area contributed by atoms with E-state index in [1.807, 2.05) is 0 Å². The van der Waals surface area contributed by atoms with Crippen molar-refractivity contribution in [1.29, 1.82) is 0 Å². The molecule has 0 radical (unpaired) electrons. The quantitative estimate of drug-likeness (QED) is 0.580. The van der Waals surface area contributed by atoms with E-state index in [9.17, 15) is 23.9 Å². The van der Waals surface area contributed by atoms with Crippen LogP contribution >= 0.6 is 23.4 Å². The number of rotatable bonds is 7. The second kappa shape index (κ2) is 9.40. The highest BCUT2D eigenvalue weighted by Crippen LogP contribution is 2.36. The number of ether oxygens (including phenoxy) is 2. The van der Waals surface area contributed by atoms with Crippen molar-refractivity contribution in [1.82, 2.24) is 4.90 Å². The van der Waals surface area contributed by atoms with Gasteiger partial charge in [-0.2, -0.15) is 0 Å². The Kier molecular flexibility index (Phi) is 6.87. The molecule has 0 aromatic heterocycles. The van der Waals surface area contributed by atoms with Crippen LogP contribution in [-0.2, 0) is 16.1 Å². The Bertz CT molecular complexity index is 1070. The smallest absolute Gasteiger partial charge is 0.293 e. The zero-order valence-electron chi connectivity index (χ0n) is 16.4. The van der Waals surface area contributed by atoms with Crippen LogP contribution in [0.15, 0.2) is 41.3 Å². The number of methoxy groups -OCH3 is 1. The maximum atomic E-state index is 14.0. The van der Waals surface area contributed by atoms with E-state index in [-0.39, 0.29) is 33.5 Å². The molecule has 0 saturated carbocycles. The summed E-state index contributed by atoms with van der Waals surface area (Å²) in [5.74, 6) is -2.16.